The van der Waals surface area contributed by atoms with Crippen molar-refractivity contribution in [2.45, 2.75) is 33.4 Å². The van der Waals surface area contributed by atoms with E-state index in [1.165, 1.54) is 22.3 Å². The fourth-order valence-electron chi connectivity index (χ4n) is 3.88. The lowest BCUT2D eigenvalue weighted by Gasteiger charge is -2.28. The van der Waals surface area contributed by atoms with Gasteiger partial charge < -0.3 is 14.8 Å². The zero-order chi connectivity index (χ0) is 19.8. The first-order valence-corrected chi connectivity index (χ1v) is 9.94. The number of benzene rings is 2. The van der Waals surface area contributed by atoms with Crippen LogP contribution >= 0.6 is 0 Å². The van der Waals surface area contributed by atoms with Gasteiger partial charge in [-0.1, -0.05) is 23.8 Å². The highest BCUT2D eigenvalue weighted by atomic mass is 16.7. The van der Waals surface area contributed by atoms with Gasteiger partial charge in [-0.2, -0.15) is 0 Å². The summed E-state index contributed by atoms with van der Waals surface area (Å²) < 4.78 is 10.8. The van der Waals surface area contributed by atoms with Crippen molar-refractivity contribution in [1.29, 1.82) is 0 Å². The molecule has 0 fully saturated rings. The van der Waals surface area contributed by atoms with Gasteiger partial charge >= 0.3 is 0 Å². The Balaban J connectivity index is 1.29. The number of hydrogen-bond donors (Lipinski definition) is 1. The van der Waals surface area contributed by atoms with Crippen molar-refractivity contribution in [3.05, 3.63) is 70.5 Å². The van der Waals surface area contributed by atoms with Crippen LogP contribution in [0.1, 0.15) is 27.9 Å². The van der Waals surface area contributed by atoms with Crippen LogP contribution in [0.3, 0.4) is 0 Å². The summed E-state index contributed by atoms with van der Waals surface area (Å²) in [5.41, 5.74) is 7.28. The lowest BCUT2D eigenvalue weighted by Crippen LogP contribution is -2.31. The molecule has 3 heterocycles. The molecule has 2 aromatic carbocycles. The van der Waals surface area contributed by atoms with Gasteiger partial charge in [-0.15, -0.1) is 0 Å². The summed E-state index contributed by atoms with van der Waals surface area (Å²) in [6.45, 7) is 7.45. The predicted octanol–water partition coefficient (Wildman–Crippen LogP) is 4.12. The zero-order valence-corrected chi connectivity index (χ0v) is 16.7. The van der Waals surface area contributed by atoms with E-state index in [2.05, 4.69) is 47.2 Å². The molecule has 0 radical (unpaired) electrons. The van der Waals surface area contributed by atoms with Crippen LogP contribution in [0.2, 0.25) is 0 Å². The van der Waals surface area contributed by atoms with Crippen LogP contribution in [-0.2, 0) is 19.5 Å². The second-order valence-electron chi connectivity index (χ2n) is 7.75. The molecule has 1 aromatic heterocycles. The first-order chi connectivity index (χ1) is 14.1. The standard InChI is InChI=1S/C23H24N4O2/c1-15-3-4-16(2)17(9-15)12-27-8-7-20-18(13-27)11-24-23(26-20)25-19-5-6-21-22(10-19)29-14-28-21/h3-6,9-11H,7-8,12-14H2,1-2H3,(H,24,25,26). The van der Waals surface area contributed by atoms with Gasteiger partial charge in [0.05, 0.1) is 5.69 Å². The minimum Gasteiger partial charge on any atom is -0.454 e. The van der Waals surface area contributed by atoms with Crippen LogP contribution in [0, 0.1) is 13.8 Å². The normalized spacial score (nSPS) is 15.2. The number of ether oxygens (including phenoxy) is 2. The molecule has 0 saturated carbocycles. The summed E-state index contributed by atoms with van der Waals surface area (Å²) >= 11 is 0. The molecular weight excluding hydrogens is 364 g/mol. The third-order valence-corrected chi connectivity index (χ3v) is 5.54. The van der Waals surface area contributed by atoms with E-state index < -0.39 is 0 Å². The van der Waals surface area contributed by atoms with Crippen LogP contribution < -0.4 is 14.8 Å². The Morgan fingerprint density at radius 3 is 2.90 bits per heavy atom. The Kier molecular flexibility index (Phi) is 4.56. The highest BCUT2D eigenvalue weighted by molar-refractivity contribution is 5.60. The molecule has 148 valence electrons. The average molecular weight is 388 g/mol. The van der Waals surface area contributed by atoms with Gasteiger partial charge in [-0.25, -0.2) is 9.97 Å². The van der Waals surface area contributed by atoms with Gasteiger partial charge in [0.25, 0.3) is 0 Å². The van der Waals surface area contributed by atoms with E-state index in [0.29, 0.717) is 5.95 Å². The molecule has 2 aliphatic rings. The van der Waals surface area contributed by atoms with Crippen molar-refractivity contribution < 1.29 is 9.47 Å². The van der Waals surface area contributed by atoms with E-state index in [4.69, 9.17) is 14.5 Å². The number of rotatable bonds is 4. The van der Waals surface area contributed by atoms with Crippen molar-refractivity contribution in [2.75, 3.05) is 18.7 Å². The van der Waals surface area contributed by atoms with Crippen LogP contribution in [0.4, 0.5) is 11.6 Å². The molecule has 1 N–H and O–H groups in total. The van der Waals surface area contributed by atoms with Crippen LogP contribution in [0.5, 0.6) is 11.5 Å². The molecular formula is C23H24N4O2. The first-order valence-electron chi connectivity index (χ1n) is 9.94. The molecule has 0 bridgehead atoms. The number of nitrogens with one attached hydrogen (secondary N) is 1. The maximum atomic E-state index is 5.44. The molecule has 0 saturated heterocycles. The summed E-state index contributed by atoms with van der Waals surface area (Å²) in [6, 6.07) is 12.4. The van der Waals surface area contributed by atoms with E-state index in [-0.39, 0.29) is 6.79 Å². The molecule has 6 heteroatoms. The third-order valence-electron chi connectivity index (χ3n) is 5.54. The summed E-state index contributed by atoms with van der Waals surface area (Å²) in [7, 11) is 0. The SMILES string of the molecule is Cc1ccc(C)c(CN2CCc3nc(Nc4ccc5c(c4)OCO5)ncc3C2)c1. The van der Waals surface area contributed by atoms with Gasteiger partial charge in [0.2, 0.25) is 12.7 Å². The summed E-state index contributed by atoms with van der Waals surface area (Å²) in [5, 5.41) is 3.28. The Labute approximate surface area is 170 Å². The Morgan fingerprint density at radius 1 is 1.07 bits per heavy atom. The number of nitrogens with zero attached hydrogens (tertiary/aromatic N) is 3. The lowest BCUT2D eigenvalue weighted by atomic mass is 10.0. The number of anilines is 2. The lowest BCUT2D eigenvalue weighted by molar-refractivity contribution is 0.174. The van der Waals surface area contributed by atoms with Crippen LogP contribution in [-0.4, -0.2) is 28.2 Å². The summed E-state index contributed by atoms with van der Waals surface area (Å²) in [6.07, 6.45) is 2.88. The molecule has 0 aliphatic carbocycles. The highest BCUT2D eigenvalue weighted by Gasteiger charge is 2.20. The minimum absolute atomic E-state index is 0.271. The first kappa shape index (κ1) is 17.9. The van der Waals surface area contributed by atoms with Gasteiger partial charge in [-0.3, -0.25) is 4.90 Å². The van der Waals surface area contributed by atoms with Crippen LogP contribution in [0.25, 0.3) is 0 Å². The van der Waals surface area contributed by atoms with Gasteiger partial charge in [0, 0.05) is 49.6 Å². The quantitative estimate of drug-likeness (QED) is 0.725. The molecule has 2 aliphatic heterocycles. The second kappa shape index (κ2) is 7.37. The van der Waals surface area contributed by atoms with E-state index in [0.717, 1.165) is 48.9 Å². The average Bonchev–Trinajstić information content (AvgIpc) is 3.19. The van der Waals surface area contributed by atoms with E-state index in [9.17, 15) is 0 Å². The van der Waals surface area contributed by atoms with Crippen molar-refractivity contribution in [3.8, 4) is 11.5 Å². The van der Waals surface area contributed by atoms with Crippen molar-refractivity contribution in [1.82, 2.24) is 14.9 Å². The predicted molar refractivity (Wildman–Crippen MR) is 112 cm³/mol. The zero-order valence-electron chi connectivity index (χ0n) is 16.7. The summed E-state index contributed by atoms with van der Waals surface area (Å²) in [5.74, 6) is 2.13. The van der Waals surface area contributed by atoms with Gasteiger partial charge in [-0.05, 0) is 37.1 Å². The maximum absolute atomic E-state index is 5.44. The molecule has 29 heavy (non-hydrogen) atoms. The topological polar surface area (TPSA) is 59.5 Å². The Morgan fingerprint density at radius 2 is 1.97 bits per heavy atom. The monoisotopic (exact) mass is 388 g/mol. The van der Waals surface area contributed by atoms with E-state index in [1.54, 1.807) is 0 Å². The summed E-state index contributed by atoms with van der Waals surface area (Å²) in [4.78, 5) is 11.8. The Hall–Kier alpha value is -3.12. The molecule has 6 nitrogen and oxygen atoms in total. The Bertz CT molecular complexity index is 1070. The fraction of sp³-hybridized carbons (Fsp3) is 0.304. The van der Waals surface area contributed by atoms with Crippen LogP contribution in [0.15, 0.2) is 42.6 Å². The number of aromatic nitrogens is 2. The molecule has 0 atom stereocenters. The maximum Gasteiger partial charge on any atom is 0.231 e. The molecule has 0 unspecified atom stereocenters. The second-order valence-corrected chi connectivity index (χ2v) is 7.75. The highest BCUT2D eigenvalue weighted by Crippen LogP contribution is 2.35. The molecule has 0 spiro atoms. The smallest absolute Gasteiger partial charge is 0.231 e. The number of aryl methyl sites for hydroxylation is 2. The van der Waals surface area contributed by atoms with Gasteiger partial charge in [0.1, 0.15) is 0 Å². The third kappa shape index (κ3) is 3.76. The van der Waals surface area contributed by atoms with Crippen molar-refractivity contribution in [3.63, 3.8) is 0 Å². The number of fused-ring (bicyclic) bond motifs is 2. The van der Waals surface area contributed by atoms with E-state index >= 15 is 0 Å². The van der Waals surface area contributed by atoms with E-state index in [1.807, 2.05) is 24.4 Å². The van der Waals surface area contributed by atoms with Gasteiger partial charge in [0.15, 0.2) is 11.5 Å². The molecule has 5 rings (SSSR count). The minimum atomic E-state index is 0.271. The molecule has 0 amide bonds. The molecule has 3 aromatic rings. The largest absolute Gasteiger partial charge is 0.454 e. The van der Waals surface area contributed by atoms with Crippen molar-refractivity contribution >= 4 is 11.6 Å². The fourth-order valence-corrected chi connectivity index (χ4v) is 3.88. The number of hydrogen-bond acceptors (Lipinski definition) is 6. The van der Waals surface area contributed by atoms with Crippen molar-refractivity contribution in [2.24, 2.45) is 0 Å².